The minimum Gasteiger partial charge on any atom is -0.299 e. The Labute approximate surface area is 132 Å². The number of sulfone groups is 1. The van der Waals surface area contributed by atoms with Gasteiger partial charge in [0.2, 0.25) is 0 Å². The highest BCUT2D eigenvalue weighted by molar-refractivity contribution is 7.90. The Hall–Kier alpha value is -1.46. The number of para-hydroxylation sites is 1. The number of likely N-dealkylation sites (tertiary alicyclic amines) is 1. The third kappa shape index (κ3) is 3.84. The quantitative estimate of drug-likeness (QED) is 0.869. The predicted molar refractivity (Wildman–Crippen MR) is 89.5 cm³/mol. The molecule has 1 aromatic heterocycles. The van der Waals surface area contributed by atoms with Gasteiger partial charge >= 0.3 is 0 Å². The van der Waals surface area contributed by atoms with Gasteiger partial charge < -0.3 is 0 Å². The molecule has 118 valence electrons. The van der Waals surface area contributed by atoms with Gasteiger partial charge in [0, 0.05) is 30.9 Å². The summed E-state index contributed by atoms with van der Waals surface area (Å²) >= 11 is 0. The van der Waals surface area contributed by atoms with E-state index < -0.39 is 9.84 Å². The number of piperidine rings is 1. The molecule has 4 nitrogen and oxygen atoms in total. The van der Waals surface area contributed by atoms with Crippen molar-refractivity contribution in [1.29, 1.82) is 0 Å². The van der Waals surface area contributed by atoms with E-state index >= 15 is 0 Å². The smallest absolute Gasteiger partial charge is 0.147 e. The lowest BCUT2D eigenvalue weighted by atomic mass is 9.99. The topological polar surface area (TPSA) is 50.3 Å². The number of hydrogen-bond acceptors (Lipinski definition) is 4. The minimum atomic E-state index is -2.89. The first-order valence-electron chi connectivity index (χ1n) is 7.74. The molecule has 1 fully saturated rings. The third-order valence-corrected chi connectivity index (χ3v) is 5.35. The fraction of sp³-hybridized carbons (Fsp3) is 0.471. The summed E-state index contributed by atoms with van der Waals surface area (Å²) < 4.78 is 23.0. The number of fused-ring (bicyclic) bond motifs is 1. The lowest BCUT2D eigenvalue weighted by molar-refractivity contribution is 0.178. The lowest BCUT2D eigenvalue weighted by Gasteiger charge is -2.32. The Morgan fingerprint density at radius 1 is 1.27 bits per heavy atom. The molecule has 1 aliphatic rings. The second-order valence-electron chi connectivity index (χ2n) is 6.32. The van der Waals surface area contributed by atoms with Crippen LogP contribution in [-0.4, -0.2) is 43.4 Å². The van der Waals surface area contributed by atoms with Crippen LogP contribution in [0.5, 0.6) is 0 Å². The Balaban J connectivity index is 1.74. The maximum absolute atomic E-state index is 11.5. The van der Waals surface area contributed by atoms with Crippen molar-refractivity contribution < 1.29 is 8.42 Å². The Kier molecular flexibility index (Phi) is 4.45. The van der Waals surface area contributed by atoms with Crippen LogP contribution in [0.3, 0.4) is 0 Å². The summed E-state index contributed by atoms with van der Waals surface area (Å²) in [5, 5.41) is 1.19. The Bertz CT molecular complexity index is 753. The Morgan fingerprint density at radius 3 is 2.91 bits per heavy atom. The van der Waals surface area contributed by atoms with E-state index in [1.165, 1.54) is 17.2 Å². The SMILES string of the molecule is CS(=O)(=O)CC1CCCN(Cc2ccnc3ccccc23)C1. The molecule has 22 heavy (non-hydrogen) atoms. The van der Waals surface area contributed by atoms with Gasteiger partial charge in [-0.05, 0) is 43.0 Å². The molecule has 0 amide bonds. The molecule has 5 heteroatoms. The van der Waals surface area contributed by atoms with Gasteiger partial charge in [-0.15, -0.1) is 0 Å². The maximum atomic E-state index is 11.5. The lowest BCUT2D eigenvalue weighted by Crippen LogP contribution is -2.37. The van der Waals surface area contributed by atoms with Crippen molar-refractivity contribution in [2.45, 2.75) is 19.4 Å². The summed E-state index contributed by atoms with van der Waals surface area (Å²) in [5.74, 6) is 0.567. The predicted octanol–water partition coefficient (Wildman–Crippen LogP) is 2.49. The average Bonchev–Trinajstić information content (AvgIpc) is 2.46. The van der Waals surface area contributed by atoms with E-state index in [1.807, 2.05) is 24.4 Å². The molecule has 1 aromatic carbocycles. The van der Waals surface area contributed by atoms with Gasteiger partial charge in [-0.3, -0.25) is 9.88 Å². The van der Waals surface area contributed by atoms with Crippen molar-refractivity contribution >= 4 is 20.7 Å². The van der Waals surface area contributed by atoms with Crippen molar-refractivity contribution in [3.63, 3.8) is 0 Å². The van der Waals surface area contributed by atoms with Crippen molar-refractivity contribution in [3.05, 3.63) is 42.1 Å². The molecular weight excluding hydrogens is 296 g/mol. The van der Waals surface area contributed by atoms with Gasteiger partial charge in [-0.2, -0.15) is 0 Å². The largest absolute Gasteiger partial charge is 0.299 e. The highest BCUT2D eigenvalue weighted by Crippen LogP contribution is 2.23. The molecule has 2 heterocycles. The van der Waals surface area contributed by atoms with E-state index in [4.69, 9.17) is 0 Å². The van der Waals surface area contributed by atoms with E-state index in [0.29, 0.717) is 5.75 Å². The summed E-state index contributed by atoms with van der Waals surface area (Å²) in [6.07, 6.45) is 5.28. The number of hydrogen-bond donors (Lipinski definition) is 0. The number of benzene rings is 1. The molecule has 0 bridgehead atoms. The Morgan fingerprint density at radius 2 is 2.09 bits per heavy atom. The molecule has 1 unspecified atom stereocenters. The first kappa shape index (κ1) is 15.4. The zero-order valence-corrected chi connectivity index (χ0v) is 13.7. The van der Waals surface area contributed by atoms with Crippen molar-refractivity contribution in [3.8, 4) is 0 Å². The average molecular weight is 318 g/mol. The van der Waals surface area contributed by atoms with Crippen molar-refractivity contribution in [1.82, 2.24) is 9.88 Å². The molecule has 1 atom stereocenters. The molecular formula is C17H22N2O2S. The first-order valence-corrected chi connectivity index (χ1v) is 9.80. The molecule has 0 radical (unpaired) electrons. The van der Waals surface area contributed by atoms with Crippen LogP contribution in [0.2, 0.25) is 0 Å². The fourth-order valence-corrected chi connectivity index (χ4v) is 4.52. The maximum Gasteiger partial charge on any atom is 0.147 e. The zero-order valence-electron chi connectivity index (χ0n) is 12.9. The summed E-state index contributed by atoms with van der Waals surface area (Å²) in [7, 11) is -2.89. The van der Waals surface area contributed by atoms with Crippen molar-refractivity contribution in [2.24, 2.45) is 5.92 Å². The zero-order chi connectivity index (χ0) is 15.6. The van der Waals surface area contributed by atoms with Crippen LogP contribution >= 0.6 is 0 Å². The van der Waals surface area contributed by atoms with Crippen LogP contribution in [0, 0.1) is 5.92 Å². The molecule has 0 spiro atoms. The minimum absolute atomic E-state index is 0.261. The van der Waals surface area contributed by atoms with E-state index in [0.717, 1.165) is 38.0 Å². The highest BCUT2D eigenvalue weighted by atomic mass is 32.2. The monoisotopic (exact) mass is 318 g/mol. The first-order chi connectivity index (χ1) is 10.5. The van der Waals surface area contributed by atoms with Crippen LogP contribution in [0.25, 0.3) is 10.9 Å². The normalized spacial score (nSPS) is 20.3. The van der Waals surface area contributed by atoms with E-state index in [1.54, 1.807) is 0 Å². The highest BCUT2D eigenvalue weighted by Gasteiger charge is 2.23. The third-order valence-electron chi connectivity index (χ3n) is 4.27. The molecule has 0 N–H and O–H groups in total. The second-order valence-corrected chi connectivity index (χ2v) is 8.51. The number of rotatable bonds is 4. The number of nitrogens with zero attached hydrogens (tertiary/aromatic N) is 2. The van der Waals surface area contributed by atoms with Crippen LogP contribution in [0.4, 0.5) is 0 Å². The van der Waals surface area contributed by atoms with Gasteiger partial charge in [0.05, 0.1) is 11.3 Å². The van der Waals surface area contributed by atoms with Gasteiger partial charge in [-0.25, -0.2) is 8.42 Å². The molecule has 2 aromatic rings. The van der Waals surface area contributed by atoms with E-state index in [2.05, 4.69) is 22.0 Å². The van der Waals surface area contributed by atoms with E-state index in [-0.39, 0.29) is 5.92 Å². The van der Waals surface area contributed by atoms with Crippen LogP contribution in [0.1, 0.15) is 18.4 Å². The molecule has 1 aliphatic heterocycles. The van der Waals surface area contributed by atoms with Gasteiger partial charge in [0.15, 0.2) is 0 Å². The fourth-order valence-electron chi connectivity index (χ4n) is 3.39. The van der Waals surface area contributed by atoms with Gasteiger partial charge in [0.25, 0.3) is 0 Å². The van der Waals surface area contributed by atoms with Gasteiger partial charge in [-0.1, -0.05) is 18.2 Å². The van der Waals surface area contributed by atoms with Crippen LogP contribution in [0.15, 0.2) is 36.5 Å². The number of aromatic nitrogens is 1. The summed E-state index contributed by atoms with van der Waals surface area (Å²) in [5.41, 5.74) is 2.29. The van der Waals surface area contributed by atoms with Crippen molar-refractivity contribution in [2.75, 3.05) is 25.1 Å². The van der Waals surface area contributed by atoms with Gasteiger partial charge in [0.1, 0.15) is 9.84 Å². The number of pyridine rings is 1. The molecule has 0 aliphatic carbocycles. The molecule has 1 saturated heterocycles. The summed E-state index contributed by atoms with van der Waals surface area (Å²) in [4.78, 5) is 6.78. The molecule has 3 rings (SSSR count). The summed E-state index contributed by atoms with van der Waals surface area (Å²) in [6, 6.07) is 10.2. The van der Waals surface area contributed by atoms with Crippen LogP contribution in [-0.2, 0) is 16.4 Å². The molecule has 0 saturated carbocycles. The standard InChI is InChI=1S/C17H22N2O2S/c1-22(20,21)13-14-5-4-10-19(11-14)12-15-8-9-18-17-7-3-2-6-16(15)17/h2-3,6-9,14H,4-5,10-13H2,1H3. The van der Waals surface area contributed by atoms with E-state index in [9.17, 15) is 8.42 Å². The van der Waals surface area contributed by atoms with Crippen LogP contribution < -0.4 is 0 Å². The summed E-state index contributed by atoms with van der Waals surface area (Å²) in [6.45, 7) is 2.77. The second kappa shape index (κ2) is 6.34.